The molecule has 0 aliphatic heterocycles. The fourth-order valence-corrected chi connectivity index (χ4v) is 2.96. The molecule has 0 saturated heterocycles. The van der Waals surface area contributed by atoms with Crippen LogP contribution in [0.4, 0.5) is 0 Å². The van der Waals surface area contributed by atoms with E-state index in [1.807, 2.05) is 12.3 Å². The van der Waals surface area contributed by atoms with Crippen molar-refractivity contribution in [1.29, 1.82) is 0 Å². The highest BCUT2D eigenvalue weighted by atomic mass is 15.2. The zero-order chi connectivity index (χ0) is 15.4. The van der Waals surface area contributed by atoms with Gasteiger partial charge in [0.2, 0.25) is 0 Å². The van der Waals surface area contributed by atoms with Crippen LogP contribution in [0.25, 0.3) is 10.9 Å². The lowest BCUT2D eigenvalue weighted by Gasteiger charge is -2.36. The van der Waals surface area contributed by atoms with Crippen molar-refractivity contribution in [2.45, 2.75) is 39.8 Å². The molecular weight excluding hydrogens is 258 g/mol. The summed E-state index contributed by atoms with van der Waals surface area (Å²) in [5, 5.41) is 1.18. The number of hydrogen-bond donors (Lipinski definition) is 1. The lowest BCUT2D eigenvalue weighted by molar-refractivity contribution is 0.139. The molecule has 114 valence electrons. The van der Waals surface area contributed by atoms with Gasteiger partial charge in [0.25, 0.3) is 0 Å². The zero-order valence-electron chi connectivity index (χ0n) is 13.6. The number of fused-ring (bicyclic) bond motifs is 1. The molecule has 0 bridgehead atoms. The summed E-state index contributed by atoms with van der Waals surface area (Å²) in [7, 11) is 0. The van der Waals surface area contributed by atoms with Gasteiger partial charge in [0, 0.05) is 36.8 Å². The Balaban J connectivity index is 2.47. The molecule has 0 saturated carbocycles. The van der Waals surface area contributed by atoms with E-state index in [0.717, 1.165) is 12.1 Å². The highest BCUT2D eigenvalue weighted by Gasteiger charge is 2.24. The monoisotopic (exact) mass is 285 g/mol. The Morgan fingerprint density at radius 3 is 2.43 bits per heavy atom. The summed E-state index contributed by atoms with van der Waals surface area (Å²) in [6.07, 6.45) is 1.86. The minimum atomic E-state index is 0.214. The maximum atomic E-state index is 6.14. The van der Waals surface area contributed by atoms with E-state index in [4.69, 9.17) is 5.73 Å². The highest BCUT2D eigenvalue weighted by Crippen LogP contribution is 2.28. The van der Waals surface area contributed by atoms with Crippen LogP contribution >= 0.6 is 0 Å². The first-order valence-electron chi connectivity index (χ1n) is 7.84. The number of pyridine rings is 1. The zero-order valence-corrected chi connectivity index (χ0v) is 13.6. The Morgan fingerprint density at radius 2 is 1.81 bits per heavy atom. The lowest BCUT2D eigenvalue weighted by atomic mass is 9.99. The van der Waals surface area contributed by atoms with Crippen LogP contribution in [0.5, 0.6) is 0 Å². The Kier molecular flexibility index (Phi) is 5.32. The van der Waals surface area contributed by atoms with E-state index in [9.17, 15) is 0 Å². The number of nitrogens with zero attached hydrogens (tertiary/aromatic N) is 2. The van der Waals surface area contributed by atoms with E-state index in [0.29, 0.717) is 18.5 Å². The number of nitrogens with two attached hydrogens (primary N) is 1. The van der Waals surface area contributed by atoms with Gasteiger partial charge >= 0.3 is 0 Å². The molecule has 2 N–H and O–H groups in total. The molecule has 1 atom stereocenters. The van der Waals surface area contributed by atoms with Gasteiger partial charge in [-0.05, 0) is 31.4 Å². The van der Waals surface area contributed by atoms with Crippen molar-refractivity contribution in [2.24, 2.45) is 11.7 Å². The summed E-state index contributed by atoms with van der Waals surface area (Å²) in [5.41, 5.74) is 8.46. The third kappa shape index (κ3) is 3.60. The Labute approximate surface area is 128 Å². The van der Waals surface area contributed by atoms with Gasteiger partial charge in [-0.2, -0.15) is 0 Å². The van der Waals surface area contributed by atoms with E-state index in [1.165, 1.54) is 10.9 Å². The topological polar surface area (TPSA) is 42.1 Å². The van der Waals surface area contributed by atoms with Gasteiger partial charge in [0.05, 0.1) is 5.52 Å². The van der Waals surface area contributed by atoms with E-state index >= 15 is 0 Å². The summed E-state index contributed by atoms with van der Waals surface area (Å²) in [5.74, 6) is 0.615. The van der Waals surface area contributed by atoms with E-state index < -0.39 is 0 Å². The molecular formula is C18H27N3. The van der Waals surface area contributed by atoms with Gasteiger partial charge in [-0.1, -0.05) is 38.1 Å². The van der Waals surface area contributed by atoms with Crippen molar-refractivity contribution in [3.05, 3.63) is 42.1 Å². The van der Waals surface area contributed by atoms with Crippen LogP contribution in [0.2, 0.25) is 0 Å². The minimum Gasteiger partial charge on any atom is -0.329 e. The van der Waals surface area contributed by atoms with E-state index in [2.05, 4.69) is 61.8 Å². The van der Waals surface area contributed by atoms with Crippen molar-refractivity contribution in [2.75, 3.05) is 13.1 Å². The molecule has 0 radical (unpaired) electrons. The van der Waals surface area contributed by atoms with Gasteiger partial charge in [-0.25, -0.2) is 0 Å². The summed E-state index contributed by atoms with van der Waals surface area (Å²) in [4.78, 5) is 7.08. The lowest BCUT2D eigenvalue weighted by Crippen LogP contribution is -2.41. The Hall–Kier alpha value is -1.45. The molecule has 0 fully saturated rings. The summed E-state index contributed by atoms with van der Waals surface area (Å²) in [6.45, 7) is 10.6. The fraction of sp³-hybridized carbons (Fsp3) is 0.500. The van der Waals surface area contributed by atoms with Gasteiger partial charge in [0.1, 0.15) is 0 Å². The van der Waals surface area contributed by atoms with Gasteiger partial charge in [0.15, 0.2) is 0 Å². The molecule has 1 heterocycles. The third-order valence-corrected chi connectivity index (χ3v) is 3.89. The minimum absolute atomic E-state index is 0.214. The predicted octanol–water partition coefficient (Wildman–Crippen LogP) is 3.60. The van der Waals surface area contributed by atoms with Crippen molar-refractivity contribution in [3.8, 4) is 0 Å². The largest absolute Gasteiger partial charge is 0.329 e. The van der Waals surface area contributed by atoms with Crippen molar-refractivity contribution < 1.29 is 0 Å². The second-order valence-corrected chi connectivity index (χ2v) is 6.36. The highest BCUT2D eigenvalue weighted by molar-refractivity contribution is 5.82. The average molecular weight is 285 g/mol. The fourth-order valence-electron chi connectivity index (χ4n) is 2.96. The normalized spacial score (nSPS) is 13.5. The van der Waals surface area contributed by atoms with Crippen LogP contribution in [-0.2, 0) is 0 Å². The van der Waals surface area contributed by atoms with Crippen LogP contribution in [0, 0.1) is 5.92 Å². The summed E-state index contributed by atoms with van der Waals surface area (Å²) < 4.78 is 0. The smallest absolute Gasteiger partial charge is 0.0750 e. The van der Waals surface area contributed by atoms with Gasteiger partial charge < -0.3 is 5.73 Å². The van der Waals surface area contributed by atoms with Crippen LogP contribution < -0.4 is 5.73 Å². The first-order valence-corrected chi connectivity index (χ1v) is 7.84. The molecule has 0 spiro atoms. The second-order valence-electron chi connectivity index (χ2n) is 6.36. The summed E-state index contributed by atoms with van der Waals surface area (Å²) >= 11 is 0. The van der Waals surface area contributed by atoms with Crippen LogP contribution in [-0.4, -0.2) is 29.0 Å². The number of benzene rings is 1. The first kappa shape index (κ1) is 15.9. The number of aromatic nitrogens is 1. The van der Waals surface area contributed by atoms with Gasteiger partial charge in [-0.15, -0.1) is 0 Å². The van der Waals surface area contributed by atoms with Crippen LogP contribution in [0.3, 0.4) is 0 Å². The number of para-hydroxylation sites is 1. The second kappa shape index (κ2) is 7.01. The molecule has 21 heavy (non-hydrogen) atoms. The standard InChI is InChI=1S/C18H27N3/c1-13(2)12-21(14(3)4)17(11-19)16-9-5-7-15-8-6-10-20-18(15)16/h5-10,13-14,17H,11-12,19H2,1-4H3. The van der Waals surface area contributed by atoms with Gasteiger partial charge in [-0.3, -0.25) is 9.88 Å². The van der Waals surface area contributed by atoms with Crippen molar-refractivity contribution in [3.63, 3.8) is 0 Å². The van der Waals surface area contributed by atoms with Crippen molar-refractivity contribution >= 4 is 10.9 Å². The maximum Gasteiger partial charge on any atom is 0.0750 e. The van der Waals surface area contributed by atoms with Crippen LogP contribution in [0.1, 0.15) is 39.3 Å². The Bertz CT molecular complexity index is 572. The molecule has 3 heteroatoms. The third-order valence-electron chi connectivity index (χ3n) is 3.89. The average Bonchev–Trinajstić information content (AvgIpc) is 2.46. The van der Waals surface area contributed by atoms with E-state index in [1.54, 1.807) is 0 Å². The quantitative estimate of drug-likeness (QED) is 0.881. The molecule has 0 aliphatic carbocycles. The molecule has 3 nitrogen and oxygen atoms in total. The van der Waals surface area contributed by atoms with E-state index in [-0.39, 0.29) is 6.04 Å². The van der Waals surface area contributed by atoms with Crippen LogP contribution in [0.15, 0.2) is 36.5 Å². The summed E-state index contributed by atoms with van der Waals surface area (Å²) in [6, 6.07) is 11.2. The first-order chi connectivity index (χ1) is 10.0. The molecule has 2 aromatic rings. The molecule has 0 aliphatic rings. The van der Waals surface area contributed by atoms with Crippen molar-refractivity contribution in [1.82, 2.24) is 9.88 Å². The number of hydrogen-bond acceptors (Lipinski definition) is 3. The molecule has 1 aromatic carbocycles. The number of rotatable bonds is 6. The molecule has 0 amide bonds. The maximum absolute atomic E-state index is 6.14. The Morgan fingerprint density at radius 1 is 1.10 bits per heavy atom. The molecule has 2 rings (SSSR count). The predicted molar refractivity (Wildman–Crippen MR) is 90.2 cm³/mol. The molecule has 1 aromatic heterocycles. The SMILES string of the molecule is CC(C)CN(C(C)C)C(CN)c1cccc2cccnc12. The molecule has 1 unspecified atom stereocenters.